The lowest BCUT2D eigenvalue weighted by atomic mass is 9.57. The number of amides is 1. The molecule has 11 nitrogen and oxygen atoms in total. The smallest absolute Gasteiger partial charge is 0.255 e. The molecule has 11 heteroatoms. The van der Waals surface area contributed by atoms with E-state index in [2.05, 4.69) is 4.90 Å². The van der Waals surface area contributed by atoms with Crippen LogP contribution in [0.1, 0.15) is 48.8 Å². The molecule has 2 unspecified atom stereocenters. The number of phenolic OH excluding ortho intramolecular Hbond substituents is 1. The summed E-state index contributed by atoms with van der Waals surface area (Å²) in [4.78, 5) is 45.5. The Morgan fingerprint density at radius 1 is 1.07 bits per heavy atom. The van der Waals surface area contributed by atoms with Crippen LogP contribution in [0.2, 0.25) is 0 Å². The van der Waals surface area contributed by atoms with Crippen LogP contribution in [0.15, 0.2) is 23.0 Å². The number of primary amides is 1. The molecule has 43 heavy (non-hydrogen) atoms. The van der Waals surface area contributed by atoms with E-state index in [1.165, 1.54) is 30.6 Å². The van der Waals surface area contributed by atoms with E-state index in [0.717, 1.165) is 18.8 Å². The van der Waals surface area contributed by atoms with Crippen molar-refractivity contribution < 1.29 is 34.8 Å². The van der Waals surface area contributed by atoms with Gasteiger partial charge in [0.15, 0.2) is 11.4 Å². The number of hydrogen-bond acceptors (Lipinski definition) is 10. The molecule has 0 aromatic heterocycles. The molecule has 5 aliphatic rings. The predicted molar refractivity (Wildman–Crippen MR) is 159 cm³/mol. The summed E-state index contributed by atoms with van der Waals surface area (Å²) in [7, 11) is 6.95. The Balaban J connectivity index is 1.46. The first kappa shape index (κ1) is 29.7. The first-order valence-corrected chi connectivity index (χ1v) is 15.2. The highest BCUT2D eigenvalue weighted by atomic mass is 16.3. The van der Waals surface area contributed by atoms with Crippen molar-refractivity contribution in [3.63, 3.8) is 0 Å². The van der Waals surface area contributed by atoms with E-state index in [9.17, 15) is 34.8 Å². The van der Waals surface area contributed by atoms with Crippen molar-refractivity contribution in [2.24, 2.45) is 29.4 Å². The Hall–Kier alpha value is -3.41. The molecular weight excluding hydrogens is 552 g/mol. The molecule has 1 aromatic carbocycles. The van der Waals surface area contributed by atoms with Gasteiger partial charge in [0, 0.05) is 56.5 Å². The third kappa shape index (κ3) is 4.30. The Morgan fingerprint density at radius 3 is 2.26 bits per heavy atom. The predicted octanol–water partition coefficient (Wildman–Crippen LogP) is 1.65. The molecule has 2 saturated carbocycles. The highest BCUT2D eigenvalue weighted by Gasteiger charge is 2.64. The molecular formula is C32H42N4O7. The zero-order valence-corrected chi connectivity index (χ0v) is 25.3. The van der Waals surface area contributed by atoms with E-state index in [-0.39, 0.29) is 29.7 Å². The normalized spacial score (nSPS) is 32.5. The van der Waals surface area contributed by atoms with Crippen LogP contribution in [0, 0.1) is 23.7 Å². The van der Waals surface area contributed by atoms with Crippen molar-refractivity contribution in [3.8, 4) is 5.75 Å². The Bertz CT molecular complexity index is 1470. The molecule has 1 aromatic rings. The Kier molecular flexibility index (Phi) is 7.14. The number of aromatic hydroxyl groups is 1. The zero-order valence-electron chi connectivity index (χ0n) is 25.3. The fraction of sp³-hybridized carbons (Fsp3) is 0.594. The number of carbonyl (C=O) groups is 3. The second-order valence-corrected chi connectivity index (χ2v) is 13.6. The third-order valence-electron chi connectivity index (χ3n) is 10.7. The number of anilines is 1. The maximum absolute atomic E-state index is 14.2. The number of carbonyl (C=O) groups excluding carboxylic acids is 3. The average molecular weight is 595 g/mol. The second kappa shape index (κ2) is 10.3. The molecule has 0 radical (unpaired) electrons. The quantitative estimate of drug-likeness (QED) is 0.316. The number of benzene rings is 1. The molecule has 6 rings (SSSR count). The van der Waals surface area contributed by atoms with E-state index < -0.39 is 58.0 Å². The van der Waals surface area contributed by atoms with E-state index >= 15 is 0 Å². The van der Waals surface area contributed by atoms with Gasteiger partial charge in [0.25, 0.3) is 5.91 Å². The number of aliphatic hydroxyl groups is 3. The van der Waals surface area contributed by atoms with E-state index in [1.54, 1.807) is 14.1 Å². The molecule has 1 heterocycles. The van der Waals surface area contributed by atoms with Gasteiger partial charge in [0.05, 0.1) is 11.6 Å². The largest absolute Gasteiger partial charge is 0.508 e. The van der Waals surface area contributed by atoms with Gasteiger partial charge in [-0.3, -0.25) is 24.2 Å². The minimum Gasteiger partial charge on any atom is -0.508 e. The maximum Gasteiger partial charge on any atom is 0.255 e. The van der Waals surface area contributed by atoms with Crippen molar-refractivity contribution >= 4 is 28.9 Å². The lowest BCUT2D eigenvalue weighted by molar-refractivity contribution is -0.153. The Labute approximate surface area is 251 Å². The summed E-state index contributed by atoms with van der Waals surface area (Å²) >= 11 is 0. The number of likely N-dealkylation sites (N-methyl/N-ethyl adjacent to an activating group) is 1. The standard InChI is InChI=1S/C32H42N4O7/c1-34(2)21-11-18(14-36-12-15-7-5-6-8-16(15)13-36)26(37)23-19(21)9-17-10-20-25(35(3)4)28(39)24(31(33)42)30(41)32(20,43)29(40)22(17)27(23)38/h11,15-17,20,25,37-38,41,43H,5-10,12-14H2,1-4H3,(H2,33,42)/t15?,16?,17-,20-,25-,32-/m0/s1. The second-order valence-electron chi connectivity index (χ2n) is 13.6. The zero-order chi connectivity index (χ0) is 31.1. The summed E-state index contributed by atoms with van der Waals surface area (Å²) in [6.45, 7) is 2.41. The van der Waals surface area contributed by atoms with Crippen LogP contribution < -0.4 is 10.6 Å². The minimum atomic E-state index is -2.64. The van der Waals surface area contributed by atoms with Gasteiger partial charge in [0.2, 0.25) is 5.78 Å². The summed E-state index contributed by atoms with van der Waals surface area (Å²) in [5.41, 5.74) is 4.11. The molecule has 232 valence electrons. The third-order valence-corrected chi connectivity index (χ3v) is 10.7. The summed E-state index contributed by atoms with van der Waals surface area (Å²) < 4.78 is 0. The number of aliphatic hydroxyl groups excluding tert-OH is 2. The van der Waals surface area contributed by atoms with Crippen molar-refractivity contribution in [2.75, 3.05) is 46.2 Å². The number of nitrogens with two attached hydrogens (primary N) is 1. The number of hydrogen-bond donors (Lipinski definition) is 5. The van der Waals surface area contributed by atoms with Crippen LogP contribution in [0.4, 0.5) is 5.69 Å². The van der Waals surface area contributed by atoms with Crippen LogP contribution >= 0.6 is 0 Å². The van der Waals surface area contributed by atoms with E-state index in [1.807, 2.05) is 25.1 Å². The number of nitrogens with zero attached hydrogens (tertiary/aromatic N) is 3. The van der Waals surface area contributed by atoms with E-state index in [4.69, 9.17) is 5.73 Å². The maximum atomic E-state index is 14.2. The minimum absolute atomic E-state index is 0.0672. The highest BCUT2D eigenvalue weighted by Crippen LogP contribution is 2.54. The van der Waals surface area contributed by atoms with Crippen molar-refractivity contribution in [2.45, 2.75) is 56.7 Å². The topological polar surface area (TPSA) is 168 Å². The van der Waals surface area contributed by atoms with Crippen LogP contribution in [-0.4, -0.2) is 101 Å². The molecule has 6 N–H and O–H groups in total. The van der Waals surface area contributed by atoms with Crippen molar-refractivity contribution in [1.29, 1.82) is 0 Å². The molecule has 1 aliphatic heterocycles. The first-order valence-electron chi connectivity index (χ1n) is 15.2. The van der Waals surface area contributed by atoms with Gasteiger partial charge < -0.3 is 31.1 Å². The summed E-state index contributed by atoms with van der Waals surface area (Å²) in [5.74, 6) is -5.02. The lowest BCUT2D eigenvalue weighted by Gasteiger charge is -2.50. The summed E-state index contributed by atoms with van der Waals surface area (Å²) in [5, 5.41) is 46.3. The van der Waals surface area contributed by atoms with Gasteiger partial charge in [-0.05, 0) is 69.2 Å². The molecule has 1 saturated heterocycles. The lowest BCUT2D eigenvalue weighted by Crippen LogP contribution is -2.65. The number of rotatable bonds is 5. The van der Waals surface area contributed by atoms with Crippen molar-refractivity contribution in [1.82, 2.24) is 9.80 Å². The fourth-order valence-electron chi connectivity index (χ4n) is 8.74. The highest BCUT2D eigenvalue weighted by molar-refractivity contribution is 6.24. The Morgan fingerprint density at radius 2 is 1.70 bits per heavy atom. The van der Waals surface area contributed by atoms with Gasteiger partial charge in [-0.1, -0.05) is 12.8 Å². The van der Waals surface area contributed by atoms with Gasteiger partial charge in [-0.15, -0.1) is 0 Å². The van der Waals surface area contributed by atoms with Gasteiger partial charge in [-0.2, -0.15) is 0 Å². The molecule has 0 spiro atoms. The molecule has 1 amide bonds. The molecule has 0 bridgehead atoms. The number of Topliss-reactive ketones (excluding diaryl/α,β-unsaturated/α-hetero) is 2. The van der Waals surface area contributed by atoms with Gasteiger partial charge in [0.1, 0.15) is 22.8 Å². The van der Waals surface area contributed by atoms with Gasteiger partial charge in [-0.25, -0.2) is 0 Å². The number of likely N-dealkylation sites (tertiary alicyclic amines) is 1. The van der Waals surface area contributed by atoms with Crippen LogP contribution in [-0.2, 0) is 27.3 Å². The molecule has 6 atom stereocenters. The SMILES string of the molecule is CN(C)c1cc(CN2CC3CCCCC3C2)c(O)c2c1C[C@H]1C[C@H]3[C@H](N(C)C)C(=O)C(C(N)=O)=C(O)[C@@]3(O)C(=O)C1=C2O. The van der Waals surface area contributed by atoms with Gasteiger partial charge >= 0.3 is 0 Å². The molecule has 3 fully saturated rings. The van der Waals surface area contributed by atoms with Crippen LogP contribution in [0.3, 0.4) is 0 Å². The van der Waals surface area contributed by atoms with Crippen LogP contribution in [0.5, 0.6) is 5.75 Å². The summed E-state index contributed by atoms with van der Waals surface area (Å²) in [6, 6.07) is 0.848. The molecule has 4 aliphatic carbocycles. The number of fused-ring (bicyclic) bond motifs is 4. The van der Waals surface area contributed by atoms with Crippen molar-refractivity contribution in [3.05, 3.63) is 39.7 Å². The summed E-state index contributed by atoms with van der Waals surface area (Å²) in [6.07, 6.45) is 5.28. The number of phenols is 1. The first-order chi connectivity index (χ1) is 20.3. The van der Waals surface area contributed by atoms with Crippen LogP contribution in [0.25, 0.3) is 5.76 Å². The average Bonchev–Trinajstić information content (AvgIpc) is 3.34. The fourth-order valence-corrected chi connectivity index (χ4v) is 8.74. The van der Waals surface area contributed by atoms with E-state index in [0.29, 0.717) is 29.5 Å². The number of ketones is 2. The monoisotopic (exact) mass is 594 g/mol.